The summed E-state index contributed by atoms with van der Waals surface area (Å²) in [6, 6.07) is 0. The van der Waals surface area contributed by atoms with Crippen molar-refractivity contribution in [3.63, 3.8) is 0 Å². The number of thiocarbonyl (C=S) groups is 1. The highest BCUT2D eigenvalue weighted by Crippen LogP contribution is 2.35. The van der Waals surface area contributed by atoms with E-state index in [1.54, 1.807) is 11.2 Å². The van der Waals surface area contributed by atoms with Crippen LogP contribution in [-0.4, -0.2) is 67.5 Å². The molecule has 4 atom stereocenters. The number of aliphatic hydroxyl groups excluding tert-OH is 4. The number of isothiocyanates is 1. The van der Waals surface area contributed by atoms with Crippen LogP contribution in [0.2, 0.25) is 0 Å². The van der Waals surface area contributed by atoms with E-state index in [0.717, 1.165) is 0 Å². The zero-order valence-corrected chi connectivity index (χ0v) is 10.9. The second kappa shape index (κ2) is 8.23. The molecule has 0 radical (unpaired) electrons. The molecule has 0 saturated carbocycles. The van der Waals surface area contributed by atoms with Gasteiger partial charge >= 0.3 is 0 Å². The standard InChI is InChI=1S/C10H16O6.CHNS/c11-4-7(13)9(15)10(16,8(14)5-12)6-2-1-3-6;2-1-3/h2,5,7-9,11,13-16H,1,3-4H2;2H. The lowest BCUT2D eigenvalue weighted by molar-refractivity contribution is -0.167. The lowest BCUT2D eigenvalue weighted by Crippen LogP contribution is -2.60. The maximum Gasteiger partial charge on any atom is 0.151 e. The first-order chi connectivity index (χ1) is 8.89. The van der Waals surface area contributed by atoms with Crippen LogP contribution in [0, 0.1) is 5.41 Å². The fraction of sp³-hybridized carbons (Fsp3) is 0.636. The number of hydrogen-bond acceptors (Lipinski definition) is 8. The van der Waals surface area contributed by atoms with Crippen LogP contribution in [-0.2, 0) is 4.79 Å². The van der Waals surface area contributed by atoms with Crippen LogP contribution < -0.4 is 0 Å². The minimum absolute atomic E-state index is 0.0898. The van der Waals surface area contributed by atoms with E-state index in [1.165, 1.54) is 0 Å². The van der Waals surface area contributed by atoms with Crippen LogP contribution >= 0.6 is 12.2 Å². The zero-order valence-electron chi connectivity index (χ0n) is 10.1. The summed E-state index contributed by atoms with van der Waals surface area (Å²) in [5.41, 5.74) is -1.92. The van der Waals surface area contributed by atoms with Crippen molar-refractivity contribution in [3.8, 4) is 0 Å². The molecule has 1 aliphatic carbocycles. The van der Waals surface area contributed by atoms with Gasteiger partial charge in [0.05, 0.1) is 11.8 Å². The Labute approximate surface area is 115 Å². The van der Waals surface area contributed by atoms with E-state index in [2.05, 4.69) is 12.2 Å². The number of nitrogens with one attached hydrogen (secondary N) is 1. The summed E-state index contributed by atoms with van der Waals surface area (Å²) in [6.07, 6.45) is -2.52. The van der Waals surface area contributed by atoms with Crippen LogP contribution in [0.3, 0.4) is 0 Å². The molecule has 0 fully saturated rings. The first kappa shape index (κ1) is 18.0. The lowest BCUT2D eigenvalue weighted by atomic mass is 9.74. The SMILES string of the molecule is N=C=S.O=CC(O)C(O)(C1=CCC1)C(O)C(O)CO. The summed E-state index contributed by atoms with van der Waals surface area (Å²) in [5, 5.41) is 54.5. The Hall–Kier alpha value is -0.990. The summed E-state index contributed by atoms with van der Waals surface area (Å²) in [7, 11) is 0. The van der Waals surface area contributed by atoms with Crippen molar-refractivity contribution >= 4 is 23.7 Å². The van der Waals surface area contributed by atoms with Gasteiger partial charge in [0.1, 0.15) is 23.9 Å². The van der Waals surface area contributed by atoms with Gasteiger partial charge < -0.3 is 30.3 Å². The Morgan fingerprint density at radius 3 is 2.26 bits per heavy atom. The van der Waals surface area contributed by atoms with Crippen LogP contribution in [0.1, 0.15) is 12.8 Å². The number of carbonyl (C=O) groups excluding carboxylic acids is 1. The highest BCUT2D eigenvalue weighted by molar-refractivity contribution is 7.78. The Balaban J connectivity index is 0.000000982. The van der Waals surface area contributed by atoms with Gasteiger partial charge in [0.25, 0.3) is 0 Å². The minimum atomic E-state index is -2.22. The normalized spacial score (nSPS) is 21.2. The van der Waals surface area contributed by atoms with Gasteiger partial charge in [0, 0.05) is 0 Å². The molecule has 0 aliphatic heterocycles. The van der Waals surface area contributed by atoms with Crippen molar-refractivity contribution in [1.29, 1.82) is 5.41 Å². The molecule has 0 aromatic carbocycles. The third kappa shape index (κ3) is 3.99. The highest BCUT2D eigenvalue weighted by atomic mass is 32.1. The number of rotatable bonds is 6. The monoisotopic (exact) mass is 291 g/mol. The molecule has 1 aliphatic rings. The number of aldehydes is 1. The summed E-state index contributed by atoms with van der Waals surface area (Å²) >= 11 is 3.81. The van der Waals surface area contributed by atoms with Gasteiger partial charge in [-0.15, -0.1) is 0 Å². The number of carbonyl (C=O) groups is 1. The largest absolute Gasteiger partial charge is 0.394 e. The lowest BCUT2D eigenvalue weighted by Gasteiger charge is -2.41. The van der Waals surface area contributed by atoms with Gasteiger partial charge in [-0.1, -0.05) is 6.08 Å². The van der Waals surface area contributed by atoms with Crippen molar-refractivity contribution in [3.05, 3.63) is 11.6 Å². The molecule has 1 rings (SSSR count). The van der Waals surface area contributed by atoms with Crippen LogP contribution in [0.15, 0.2) is 11.6 Å². The van der Waals surface area contributed by atoms with Gasteiger partial charge in [-0.05, 0) is 30.6 Å². The molecule has 0 spiro atoms. The van der Waals surface area contributed by atoms with Gasteiger partial charge in [-0.2, -0.15) is 0 Å². The topological polar surface area (TPSA) is 142 Å². The average Bonchev–Trinajstić information content (AvgIpc) is 2.34. The van der Waals surface area contributed by atoms with Crippen LogP contribution in [0.4, 0.5) is 0 Å². The van der Waals surface area contributed by atoms with Gasteiger partial charge in [0.15, 0.2) is 6.29 Å². The first-order valence-electron chi connectivity index (χ1n) is 5.46. The van der Waals surface area contributed by atoms with E-state index in [9.17, 15) is 25.2 Å². The van der Waals surface area contributed by atoms with Crippen molar-refractivity contribution in [2.45, 2.75) is 36.8 Å². The molecule has 0 saturated heterocycles. The second-order valence-corrected chi connectivity index (χ2v) is 4.18. The van der Waals surface area contributed by atoms with Gasteiger partial charge in [0.2, 0.25) is 0 Å². The van der Waals surface area contributed by atoms with E-state index in [0.29, 0.717) is 18.4 Å². The second-order valence-electron chi connectivity index (χ2n) is 3.97. The number of aliphatic hydroxyl groups is 5. The smallest absolute Gasteiger partial charge is 0.151 e. The molecule has 6 N–H and O–H groups in total. The summed E-state index contributed by atoms with van der Waals surface area (Å²) in [6.45, 7) is -0.775. The molecule has 0 aromatic heterocycles. The molecule has 8 heteroatoms. The molecule has 0 amide bonds. The molecular formula is C11H17NO6S. The van der Waals surface area contributed by atoms with Crippen molar-refractivity contribution < 1.29 is 30.3 Å². The fourth-order valence-corrected chi connectivity index (χ4v) is 1.70. The fourth-order valence-electron chi connectivity index (χ4n) is 1.70. The highest BCUT2D eigenvalue weighted by Gasteiger charge is 2.49. The number of allylic oxidation sites excluding steroid dienone is 1. The molecule has 19 heavy (non-hydrogen) atoms. The predicted octanol–water partition coefficient (Wildman–Crippen LogP) is -1.62. The van der Waals surface area contributed by atoms with Crippen LogP contribution in [0.5, 0.6) is 0 Å². The third-order valence-electron chi connectivity index (χ3n) is 2.90. The molecule has 4 unspecified atom stereocenters. The molecule has 7 nitrogen and oxygen atoms in total. The van der Waals surface area contributed by atoms with Crippen LogP contribution in [0.25, 0.3) is 0 Å². The van der Waals surface area contributed by atoms with E-state index in [4.69, 9.17) is 10.5 Å². The average molecular weight is 291 g/mol. The Morgan fingerprint density at radius 2 is 2.00 bits per heavy atom. The maximum absolute atomic E-state index is 10.5. The van der Waals surface area contributed by atoms with Crippen molar-refractivity contribution in [1.82, 2.24) is 0 Å². The molecule has 0 bridgehead atoms. The van der Waals surface area contributed by atoms with E-state index in [1.807, 2.05) is 0 Å². The van der Waals surface area contributed by atoms with Gasteiger partial charge in [-0.25, -0.2) is 5.41 Å². The summed E-state index contributed by atoms with van der Waals surface area (Å²) in [4.78, 5) is 10.5. The van der Waals surface area contributed by atoms with E-state index < -0.39 is 30.5 Å². The van der Waals surface area contributed by atoms with Gasteiger partial charge in [-0.3, -0.25) is 0 Å². The number of hydrogen-bond donors (Lipinski definition) is 6. The van der Waals surface area contributed by atoms with E-state index >= 15 is 0 Å². The first-order valence-corrected chi connectivity index (χ1v) is 5.87. The Morgan fingerprint density at radius 1 is 1.53 bits per heavy atom. The van der Waals surface area contributed by atoms with Crippen molar-refractivity contribution in [2.75, 3.05) is 6.61 Å². The third-order valence-corrected chi connectivity index (χ3v) is 2.90. The Kier molecular flexibility index (Phi) is 7.81. The summed E-state index contributed by atoms with van der Waals surface area (Å²) in [5.74, 6) is 0. The summed E-state index contributed by atoms with van der Waals surface area (Å²) < 4.78 is 0. The van der Waals surface area contributed by atoms with Crippen molar-refractivity contribution in [2.24, 2.45) is 0 Å². The molecular weight excluding hydrogens is 274 g/mol. The zero-order chi connectivity index (χ0) is 15.1. The van der Waals surface area contributed by atoms with E-state index in [-0.39, 0.29) is 6.29 Å². The molecule has 108 valence electrons. The maximum atomic E-state index is 10.5. The predicted molar refractivity (Wildman–Crippen MR) is 68.8 cm³/mol. The minimum Gasteiger partial charge on any atom is -0.394 e. The quantitative estimate of drug-likeness (QED) is 0.149. The molecule has 0 heterocycles. The Bertz CT molecular complexity index is 368. The molecule has 0 aromatic rings.